The second kappa shape index (κ2) is 3.49. The van der Waals surface area contributed by atoms with E-state index >= 15 is 0 Å². The van der Waals surface area contributed by atoms with Crippen LogP contribution in [0.2, 0.25) is 0 Å². The minimum Gasteiger partial charge on any atom is -0.130 e. The highest BCUT2D eigenvalue weighted by Crippen LogP contribution is 2.39. The van der Waals surface area contributed by atoms with Gasteiger partial charge in [-0.05, 0) is 42.6 Å². The van der Waals surface area contributed by atoms with Crippen LogP contribution in [0.25, 0.3) is 0 Å². The number of allylic oxidation sites excluding steroid dienone is 1. The maximum atomic E-state index is 3.71. The monoisotopic (exact) mass is 164 g/mol. The molecule has 0 saturated heterocycles. The third-order valence-electron chi connectivity index (χ3n) is 3.06. The van der Waals surface area contributed by atoms with E-state index in [1.165, 1.54) is 31.3 Å². The quantitative estimate of drug-likeness (QED) is 0.476. The van der Waals surface area contributed by atoms with E-state index in [1.807, 2.05) is 0 Å². The van der Waals surface area contributed by atoms with Crippen molar-refractivity contribution in [2.24, 2.45) is 11.3 Å². The molecule has 0 aliphatic heterocycles. The van der Waals surface area contributed by atoms with Gasteiger partial charge in [0.25, 0.3) is 0 Å². The van der Waals surface area contributed by atoms with Crippen LogP contribution in [0.4, 0.5) is 0 Å². The summed E-state index contributed by atoms with van der Waals surface area (Å²) in [4.78, 5) is 0. The molecule has 0 aromatic rings. The summed E-state index contributed by atoms with van der Waals surface area (Å²) in [6.45, 7) is 10.8. The number of rotatable bonds is 0. The summed E-state index contributed by atoms with van der Waals surface area (Å²) in [6, 6.07) is 0. The van der Waals surface area contributed by atoms with Gasteiger partial charge >= 0.3 is 0 Å². The van der Waals surface area contributed by atoms with E-state index < -0.39 is 0 Å². The van der Waals surface area contributed by atoms with Crippen molar-refractivity contribution in [2.45, 2.75) is 46.5 Å². The lowest BCUT2D eigenvalue weighted by atomic mass is 9.71. The molecule has 1 aliphatic carbocycles. The van der Waals surface area contributed by atoms with E-state index in [1.54, 1.807) is 0 Å². The van der Waals surface area contributed by atoms with Gasteiger partial charge in [0.2, 0.25) is 0 Å². The van der Waals surface area contributed by atoms with Gasteiger partial charge in [0, 0.05) is 0 Å². The molecule has 0 nitrogen and oxygen atoms in total. The molecule has 12 heavy (non-hydrogen) atoms. The first-order valence-corrected chi connectivity index (χ1v) is 4.92. The van der Waals surface area contributed by atoms with Crippen LogP contribution in [0.15, 0.2) is 17.9 Å². The number of hydrogen-bond acceptors (Lipinski definition) is 0. The highest BCUT2D eigenvalue weighted by atomic mass is 14.3. The Morgan fingerprint density at radius 1 is 1.25 bits per heavy atom. The van der Waals surface area contributed by atoms with E-state index in [4.69, 9.17) is 0 Å². The third-order valence-corrected chi connectivity index (χ3v) is 3.06. The molecule has 0 radical (unpaired) electrons. The Kier molecular flexibility index (Phi) is 2.80. The molecule has 0 aromatic carbocycles. The molecule has 1 fully saturated rings. The third kappa shape index (κ3) is 2.25. The first-order chi connectivity index (χ1) is 5.54. The van der Waals surface area contributed by atoms with Crippen LogP contribution in [-0.2, 0) is 0 Å². The predicted octanol–water partition coefficient (Wildman–Crippen LogP) is 3.93. The highest BCUT2D eigenvalue weighted by molar-refractivity contribution is 5.03. The van der Waals surface area contributed by atoms with E-state index in [9.17, 15) is 0 Å². The zero-order valence-electron chi connectivity index (χ0n) is 8.61. The van der Waals surface area contributed by atoms with Crippen LogP contribution in [0.3, 0.4) is 0 Å². The second-order valence-corrected chi connectivity index (χ2v) is 4.92. The molecule has 0 amide bonds. The summed E-state index contributed by atoms with van der Waals surface area (Å²) >= 11 is 0. The Bertz CT molecular complexity index is 189. The van der Waals surface area contributed by atoms with Crippen LogP contribution < -0.4 is 0 Å². The van der Waals surface area contributed by atoms with Crippen molar-refractivity contribution in [1.29, 1.82) is 0 Å². The maximum absolute atomic E-state index is 3.71. The highest BCUT2D eigenvalue weighted by Gasteiger charge is 2.27. The maximum Gasteiger partial charge on any atom is -0.0241 e. The molecule has 1 rings (SSSR count). The Morgan fingerprint density at radius 2 is 1.75 bits per heavy atom. The summed E-state index contributed by atoms with van der Waals surface area (Å²) in [5, 5.41) is 0. The Hall–Kier alpha value is -0.480. The Labute approximate surface area is 76.4 Å². The zero-order chi connectivity index (χ0) is 9.19. The molecule has 1 aliphatic rings. The normalized spacial score (nSPS) is 25.2. The van der Waals surface area contributed by atoms with Gasteiger partial charge in [-0.2, -0.15) is 0 Å². The minimum absolute atomic E-state index is 0.493. The van der Waals surface area contributed by atoms with Crippen molar-refractivity contribution in [1.82, 2.24) is 0 Å². The fraction of sp³-hybridized carbons (Fsp3) is 0.750. The first kappa shape index (κ1) is 9.61. The van der Waals surface area contributed by atoms with Crippen molar-refractivity contribution >= 4 is 0 Å². The average Bonchev–Trinajstić information content (AvgIpc) is 2.03. The molecule has 1 saturated carbocycles. The molecular formula is C12H20. The van der Waals surface area contributed by atoms with Crippen molar-refractivity contribution in [3.8, 4) is 0 Å². The van der Waals surface area contributed by atoms with Gasteiger partial charge in [-0.1, -0.05) is 27.4 Å². The Morgan fingerprint density at radius 3 is 2.08 bits per heavy atom. The molecule has 0 heterocycles. The SMILES string of the molecule is C=C=C1CCC(C(C)(C)C)CC1. The standard InChI is InChI=1S/C12H20/c1-5-10-6-8-11(9-7-10)12(2,3)4/h11H,1,6-9H2,2-4H3. The largest absolute Gasteiger partial charge is 0.130 e. The smallest absolute Gasteiger partial charge is 0.0241 e. The van der Waals surface area contributed by atoms with E-state index in [0.717, 1.165) is 5.92 Å². The Balaban J connectivity index is 2.52. The van der Waals surface area contributed by atoms with Crippen LogP contribution in [0, 0.1) is 11.3 Å². The predicted molar refractivity (Wildman–Crippen MR) is 54.1 cm³/mol. The van der Waals surface area contributed by atoms with Gasteiger partial charge in [-0.15, -0.1) is 5.73 Å². The van der Waals surface area contributed by atoms with Crippen molar-refractivity contribution < 1.29 is 0 Å². The number of hydrogen-bond donors (Lipinski definition) is 0. The van der Waals surface area contributed by atoms with Crippen LogP contribution >= 0.6 is 0 Å². The molecule has 0 unspecified atom stereocenters. The summed E-state index contributed by atoms with van der Waals surface area (Å²) in [5.41, 5.74) is 4.98. The van der Waals surface area contributed by atoms with Gasteiger partial charge in [0.05, 0.1) is 0 Å². The van der Waals surface area contributed by atoms with E-state index in [0.29, 0.717) is 5.41 Å². The molecule has 0 heteroatoms. The van der Waals surface area contributed by atoms with E-state index in [-0.39, 0.29) is 0 Å². The van der Waals surface area contributed by atoms with E-state index in [2.05, 4.69) is 33.1 Å². The first-order valence-electron chi connectivity index (χ1n) is 4.92. The molecule has 68 valence electrons. The van der Waals surface area contributed by atoms with Crippen LogP contribution in [0.5, 0.6) is 0 Å². The zero-order valence-corrected chi connectivity index (χ0v) is 8.61. The van der Waals surface area contributed by atoms with Crippen LogP contribution in [-0.4, -0.2) is 0 Å². The van der Waals surface area contributed by atoms with Gasteiger partial charge < -0.3 is 0 Å². The molecule has 0 spiro atoms. The minimum atomic E-state index is 0.493. The summed E-state index contributed by atoms with van der Waals surface area (Å²) in [5.74, 6) is 0.898. The fourth-order valence-corrected chi connectivity index (χ4v) is 2.01. The summed E-state index contributed by atoms with van der Waals surface area (Å²) in [7, 11) is 0. The summed E-state index contributed by atoms with van der Waals surface area (Å²) in [6.07, 6.45) is 5.12. The average molecular weight is 164 g/mol. The molecule has 0 N–H and O–H groups in total. The lowest BCUT2D eigenvalue weighted by molar-refractivity contribution is 0.197. The molecule has 0 aromatic heterocycles. The van der Waals surface area contributed by atoms with Crippen molar-refractivity contribution in [3.05, 3.63) is 17.9 Å². The van der Waals surface area contributed by atoms with Crippen LogP contribution in [0.1, 0.15) is 46.5 Å². The lowest BCUT2D eigenvalue weighted by Gasteiger charge is -2.34. The molecule has 0 atom stereocenters. The van der Waals surface area contributed by atoms with Gasteiger partial charge in [0.1, 0.15) is 0 Å². The van der Waals surface area contributed by atoms with Gasteiger partial charge in [-0.3, -0.25) is 0 Å². The van der Waals surface area contributed by atoms with Gasteiger partial charge in [0.15, 0.2) is 0 Å². The van der Waals surface area contributed by atoms with Crippen molar-refractivity contribution in [3.63, 3.8) is 0 Å². The molecule has 0 bridgehead atoms. The van der Waals surface area contributed by atoms with Crippen molar-refractivity contribution in [2.75, 3.05) is 0 Å². The topological polar surface area (TPSA) is 0 Å². The molecular weight excluding hydrogens is 144 g/mol. The lowest BCUT2D eigenvalue weighted by Crippen LogP contribution is -2.23. The summed E-state index contributed by atoms with van der Waals surface area (Å²) < 4.78 is 0. The fourth-order valence-electron chi connectivity index (χ4n) is 2.01. The van der Waals surface area contributed by atoms with Gasteiger partial charge in [-0.25, -0.2) is 0 Å². The second-order valence-electron chi connectivity index (χ2n) is 4.92.